The Kier molecular flexibility index (Phi) is 5.61. The van der Waals surface area contributed by atoms with E-state index in [4.69, 9.17) is 5.41 Å². The van der Waals surface area contributed by atoms with Crippen LogP contribution in [0.5, 0.6) is 0 Å². The third-order valence-corrected chi connectivity index (χ3v) is 4.51. The van der Waals surface area contributed by atoms with Gasteiger partial charge in [-0.1, -0.05) is 5.16 Å². The average Bonchev–Trinajstić information content (AvgIpc) is 3.03. The zero-order valence-electron chi connectivity index (χ0n) is 12.1. The molecule has 0 bridgehead atoms. The molecule has 0 saturated heterocycles. The number of aromatic nitrogens is 2. The fourth-order valence-electron chi connectivity index (χ4n) is 1.58. The summed E-state index contributed by atoms with van der Waals surface area (Å²) in [6, 6.07) is 3.59. The van der Waals surface area contributed by atoms with E-state index in [1.807, 2.05) is 4.72 Å². The highest BCUT2D eigenvalue weighted by Crippen LogP contribution is 2.23. The number of nitrogens with one attached hydrogen (secondary N) is 3. The molecule has 24 heavy (non-hydrogen) atoms. The summed E-state index contributed by atoms with van der Waals surface area (Å²) in [4.78, 5) is 0. The Hall–Kier alpha value is -1.93. The van der Waals surface area contributed by atoms with Crippen LogP contribution in [-0.2, 0) is 16.8 Å². The van der Waals surface area contributed by atoms with Crippen LogP contribution in [0.25, 0.3) is 0 Å². The Morgan fingerprint density at radius 1 is 1.50 bits per heavy atom. The second-order valence-corrected chi connectivity index (χ2v) is 6.91. The van der Waals surface area contributed by atoms with Gasteiger partial charge in [0.2, 0.25) is 0 Å². The zero-order chi connectivity index (χ0) is 17.9. The van der Waals surface area contributed by atoms with Crippen LogP contribution >= 0.6 is 15.9 Å². The van der Waals surface area contributed by atoms with Crippen molar-refractivity contribution in [1.29, 1.82) is 5.41 Å². The molecule has 10 nitrogen and oxygen atoms in total. The summed E-state index contributed by atoms with van der Waals surface area (Å²) in [6.07, 6.45) is 0. The van der Waals surface area contributed by atoms with E-state index in [0.717, 1.165) is 6.07 Å². The second kappa shape index (κ2) is 7.31. The van der Waals surface area contributed by atoms with E-state index in [0.29, 0.717) is 5.06 Å². The van der Waals surface area contributed by atoms with Crippen molar-refractivity contribution in [1.82, 2.24) is 19.8 Å². The molecule has 2 aromatic rings. The van der Waals surface area contributed by atoms with Crippen molar-refractivity contribution in [2.24, 2.45) is 0 Å². The van der Waals surface area contributed by atoms with E-state index < -0.39 is 21.9 Å². The summed E-state index contributed by atoms with van der Waals surface area (Å²) in [7, 11) is -2.51. The molecule has 1 aromatic carbocycles. The van der Waals surface area contributed by atoms with Crippen molar-refractivity contribution in [3.63, 3.8) is 0 Å². The standard InChI is InChI=1S/C11H12BrFN6O4S/c1-15-24(21,22)16-5-9-10(18-23-17-9)11(14)19(20)6-2-3-8(13)7(12)4-6/h2-4,14-16,20H,5H2,1H3. The Morgan fingerprint density at radius 2 is 2.21 bits per heavy atom. The third-order valence-electron chi connectivity index (χ3n) is 2.84. The fourth-order valence-corrected chi connectivity index (χ4v) is 2.42. The van der Waals surface area contributed by atoms with Gasteiger partial charge >= 0.3 is 0 Å². The Balaban J connectivity index is 2.21. The second-order valence-electron chi connectivity index (χ2n) is 4.35. The van der Waals surface area contributed by atoms with E-state index in [9.17, 15) is 18.0 Å². The predicted molar refractivity (Wildman–Crippen MR) is 84.3 cm³/mol. The summed E-state index contributed by atoms with van der Waals surface area (Å²) < 4.78 is 44.7. The molecule has 0 fully saturated rings. The van der Waals surface area contributed by atoms with Crippen molar-refractivity contribution in [3.8, 4) is 0 Å². The molecule has 1 aromatic heterocycles. The molecule has 2 rings (SSSR count). The first kappa shape index (κ1) is 18.4. The van der Waals surface area contributed by atoms with Gasteiger partial charge in [0.05, 0.1) is 16.7 Å². The van der Waals surface area contributed by atoms with Crippen LogP contribution in [0.15, 0.2) is 27.3 Å². The molecule has 0 amide bonds. The molecule has 0 radical (unpaired) electrons. The maximum absolute atomic E-state index is 13.2. The van der Waals surface area contributed by atoms with Gasteiger partial charge in [-0.25, -0.2) is 18.8 Å². The van der Waals surface area contributed by atoms with Crippen molar-refractivity contribution >= 4 is 37.7 Å². The average molecular weight is 423 g/mol. The van der Waals surface area contributed by atoms with E-state index in [-0.39, 0.29) is 28.1 Å². The Bertz CT molecular complexity index is 858. The maximum atomic E-state index is 13.2. The van der Waals surface area contributed by atoms with Gasteiger partial charge in [-0.05, 0) is 39.3 Å². The molecule has 1 heterocycles. The summed E-state index contributed by atoms with van der Waals surface area (Å²) in [5.41, 5.74) is -0.117. The number of rotatable bonds is 6. The Labute approximate surface area is 144 Å². The van der Waals surface area contributed by atoms with Crippen LogP contribution in [0.4, 0.5) is 10.1 Å². The number of anilines is 1. The number of hydrogen-bond acceptors (Lipinski definition) is 7. The molecular weight excluding hydrogens is 411 g/mol. The molecule has 0 aliphatic heterocycles. The van der Waals surface area contributed by atoms with Gasteiger partial charge in [-0.2, -0.15) is 13.1 Å². The van der Waals surface area contributed by atoms with Gasteiger partial charge in [0.1, 0.15) is 11.5 Å². The van der Waals surface area contributed by atoms with Crippen LogP contribution in [-0.4, -0.2) is 36.8 Å². The van der Waals surface area contributed by atoms with Gasteiger partial charge in [-0.15, -0.1) is 0 Å². The molecule has 0 aliphatic rings. The van der Waals surface area contributed by atoms with Crippen molar-refractivity contribution < 1.29 is 22.6 Å². The maximum Gasteiger partial charge on any atom is 0.277 e. The molecular formula is C11H12BrFN6O4S. The predicted octanol–water partition coefficient (Wildman–Crippen LogP) is 0.746. The SMILES string of the molecule is CNS(=O)(=O)NCc1nonc1C(=N)N(O)c1ccc(F)c(Br)c1. The van der Waals surface area contributed by atoms with Gasteiger partial charge in [0, 0.05) is 7.05 Å². The lowest BCUT2D eigenvalue weighted by atomic mass is 10.2. The minimum absolute atomic E-state index is 0.0148. The van der Waals surface area contributed by atoms with Crippen LogP contribution < -0.4 is 14.5 Å². The highest BCUT2D eigenvalue weighted by molar-refractivity contribution is 9.10. The van der Waals surface area contributed by atoms with Crippen molar-refractivity contribution in [2.45, 2.75) is 6.54 Å². The fraction of sp³-hybridized carbons (Fsp3) is 0.182. The zero-order valence-corrected chi connectivity index (χ0v) is 14.5. The minimum Gasteiger partial charge on any atom is -0.282 e. The van der Waals surface area contributed by atoms with E-state index >= 15 is 0 Å². The molecule has 4 N–H and O–H groups in total. The minimum atomic E-state index is -3.72. The Morgan fingerprint density at radius 3 is 2.83 bits per heavy atom. The lowest BCUT2D eigenvalue weighted by Gasteiger charge is -2.16. The highest BCUT2D eigenvalue weighted by Gasteiger charge is 2.22. The lowest BCUT2D eigenvalue weighted by molar-refractivity contribution is 0.297. The van der Waals surface area contributed by atoms with E-state index in [1.54, 1.807) is 0 Å². The summed E-state index contributed by atoms with van der Waals surface area (Å²) in [5.74, 6) is -1.07. The van der Waals surface area contributed by atoms with E-state index in [2.05, 4.69) is 35.6 Å². The van der Waals surface area contributed by atoms with Gasteiger partial charge < -0.3 is 0 Å². The molecule has 130 valence electrons. The topological polar surface area (TPSA) is 144 Å². The summed E-state index contributed by atoms with van der Waals surface area (Å²) in [6.45, 7) is -0.314. The molecule has 0 atom stereocenters. The van der Waals surface area contributed by atoms with Crippen LogP contribution in [0.2, 0.25) is 0 Å². The number of amidine groups is 1. The normalized spacial score (nSPS) is 11.5. The number of halogens is 2. The lowest BCUT2D eigenvalue weighted by Crippen LogP contribution is -2.34. The highest BCUT2D eigenvalue weighted by atomic mass is 79.9. The number of hydrogen-bond donors (Lipinski definition) is 4. The molecule has 0 spiro atoms. The first-order chi connectivity index (χ1) is 11.2. The van der Waals surface area contributed by atoms with Gasteiger partial charge in [-0.3, -0.25) is 10.6 Å². The van der Waals surface area contributed by atoms with Crippen molar-refractivity contribution in [3.05, 3.63) is 39.9 Å². The number of benzene rings is 1. The number of hydroxylamine groups is 1. The quantitative estimate of drug-likeness (QED) is 0.305. The molecule has 0 unspecified atom stereocenters. The summed E-state index contributed by atoms with van der Waals surface area (Å²) >= 11 is 2.97. The van der Waals surface area contributed by atoms with Gasteiger partial charge in [0.25, 0.3) is 10.2 Å². The third kappa shape index (κ3) is 4.12. The van der Waals surface area contributed by atoms with E-state index in [1.165, 1.54) is 19.2 Å². The largest absolute Gasteiger partial charge is 0.282 e. The first-order valence-electron chi connectivity index (χ1n) is 6.27. The van der Waals surface area contributed by atoms with Crippen LogP contribution in [0.3, 0.4) is 0 Å². The molecule has 0 aliphatic carbocycles. The van der Waals surface area contributed by atoms with Crippen molar-refractivity contribution in [2.75, 3.05) is 12.1 Å². The smallest absolute Gasteiger partial charge is 0.277 e. The number of nitrogens with zero attached hydrogens (tertiary/aromatic N) is 3. The monoisotopic (exact) mass is 422 g/mol. The van der Waals surface area contributed by atoms with Crippen LogP contribution in [0.1, 0.15) is 11.4 Å². The summed E-state index contributed by atoms with van der Waals surface area (Å²) in [5, 5.41) is 25.4. The van der Waals surface area contributed by atoms with Gasteiger partial charge in [0.15, 0.2) is 11.5 Å². The first-order valence-corrected chi connectivity index (χ1v) is 8.55. The molecule has 13 heteroatoms. The molecule has 0 saturated carbocycles. The van der Waals surface area contributed by atoms with Crippen LogP contribution in [0, 0.1) is 11.2 Å².